The Bertz CT molecular complexity index is 356. The molecule has 16 heavy (non-hydrogen) atoms. The second kappa shape index (κ2) is 5.49. The molecule has 0 unspecified atom stereocenters. The lowest BCUT2D eigenvalue weighted by atomic mass is 10.2. The van der Waals surface area contributed by atoms with Crippen LogP contribution in [0, 0.1) is 0 Å². The van der Waals surface area contributed by atoms with Crippen LogP contribution in [0.25, 0.3) is 0 Å². The maximum atomic E-state index is 12.1. The number of aromatic nitrogens is 2. The molecule has 1 rings (SSSR count). The van der Waals surface area contributed by atoms with Crippen molar-refractivity contribution in [2.75, 3.05) is 13.1 Å². The fourth-order valence-corrected chi connectivity index (χ4v) is 1.56. The first kappa shape index (κ1) is 12.5. The van der Waals surface area contributed by atoms with Crippen molar-refractivity contribution in [3.63, 3.8) is 0 Å². The SMILES string of the molecule is C=C(C)CN(CC)C(=O)[C@H](C)n1cccn1. The number of carbonyl (C=O) groups excluding carboxylic acids is 1. The third-order valence-corrected chi connectivity index (χ3v) is 2.43. The Morgan fingerprint density at radius 2 is 2.31 bits per heavy atom. The maximum absolute atomic E-state index is 12.1. The second-order valence-electron chi connectivity index (χ2n) is 3.97. The molecule has 1 aromatic rings. The summed E-state index contributed by atoms with van der Waals surface area (Å²) in [6, 6.07) is 1.56. The van der Waals surface area contributed by atoms with Gasteiger partial charge in [-0.15, -0.1) is 0 Å². The first-order valence-electron chi connectivity index (χ1n) is 5.48. The standard InChI is InChI=1S/C12H19N3O/c1-5-14(9-10(2)3)12(16)11(4)15-8-6-7-13-15/h6-8,11H,2,5,9H2,1,3-4H3/t11-/m0/s1. The highest BCUT2D eigenvalue weighted by Gasteiger charge is 2.20. The van der Waals surface area contributed by atoms with Crippen LogP contribution in [0.1, 0.15) is 26.8 Å². The van der Waals surface area contributed by atoms with Crippen LogP contribution in [0.4, 0.5) is 0 Å². The molecule has 88 valence electrons. The largest absolute Gasteiger partial charge is 0.337 e. The molecular weight excluding hydrogens is 202 g/mol. The minimum absolute atomic E-state index is 0.0780. The van der Waals surface area contributed by atoms with E-state index in [1.807, 2.05) is 26.8 Å². The van der Waals surface area contributed by atoms with E-state index in [2.05, 4.69) is 11.7 Å². The summed E-state index contributed by atoms with van der Waals surface area (Å²) in [5.41, 5.74) is 0.989. The molecule has 0 aliphatic rings. The minimum Gasteiger partial charge on any atom is -0.337 e. The normalized spacial score (nSPS) is 12.2. The number of likely N-dealkylation sites (N-methyl/N-ethyl adjacent to an activating group) is 1. The van der Waals surface area contributed by atoms with Crippen LogP contribution >= 0.6 is 0 Å². The predicted octanol–water partition coefficient (Wildman–Crippen LogP) is 1.87. The molecule has 0 radical (unpaired) electrons. The van der Waals surface area contributed by atoms with E-state index < -0.39 is 0 Å². The van der Waals surface area contributed by atoms with E-state index in [0.29, 0.717) is 13.1 Å². The third-order valence-electron chi connectivity index (χ3n) is 2.43. The zero-order valence-corrected chi connectivity index (χ0v) is 10.2. The molecule has 0 bridgehead atoms. The molecule has 0 saturated heterocycles. The van der Waals surface area contributed by atoms with Gasteiger partial charge in [0, 0.05) is 25.5 Å². The van der Waals surface area contributed by atoms with Gasteiger partial charge in [-0.3, -0.25) is 9.48 Å². The molecule has 1 heterocycles. The van der Waals surface area contributed by atoms with Crippen molar-refractivity contribution in [1.82, 2.24) is 14.7 Å². The van der Waals surface area contributed by atoms with Crippen molar-refractivity contribution < 1.29 is 4.79 Å². The highest BCUT2D eigenvalue weighted by Crippen LogP contribution is 2.09. The number of nitrogens with zero attached hydrogens (tertiary/aromatic N) is 3. The van der Waals surface area contributed by atoms with Crippen molar-refractivity contribution in [2.45, 2.75) is 26.8 Å². The van der Waals surface area contributed by atoms with Gasteiger partial charge in [0.05, 0.1) is 0 Å². The Morgan fingerprint density at radius 1 is 1.62 bits per heavy atom. The molecule has 1 atom stereocenters. The van der Waals surface area contributed by atoms with E-state index in [-0.39, 0.29) is 11.9 Å². The van der Waals surface area contributed by atoms with E-state index in [9.17, 15) is 4.79 Å². The lowest BCUT2D eigenvalue weighted by Crippen LogP contribution is -2.37. The van der Waals surface area contributed by atoms with Gasteiger partial charge in [0.2, 0.25) is 5.91 Å². The fourth-order valence-electron chi connectivity index (χ4n) is 1.56. The summed E-state index contributed by atoms with van der Waals surface area (Å²) < 4.78 is 1.67. The van der Waals surface area contributed by atoms with Crippen LogP contribution in [0.15, 0.2) is 30.6 Å². The summed E-state index contributed by atoms with van der Waals surface area (Å²) >= 11 is 0. The first-order chi connectivity index (χ1) is 7.56. The molecule has 0 aliphatic carbocycles. The molecule has 4 nitrogen and oxygen atoms in total. The molecular formula is C12H19N3O. The Kier molecular flexibility index (Phi) is 4.28. The van der Waals surface area contributed by atoms with Crippen molar-refractivity contribution in [1.29, 1.82) is 0 Å². The Hall–Kier alpha value is -1.58. The average molecular weight is 221 g/mol. The summed E-state index contributed by atoms with van der Waals surface area (Å²) in [7, 11) is 0. The maximum Gasteiger partial charge on any atom is 0.247 e. The predicted molar refractivity (Wildman–Crippen MR) is 64.0 cm³/mol. The van der Waals surface area contributed by atoms with Gasteiger partial charge in [-0.1, -0.05) is 12.2 Å². The number of hydrogen-bond donors (Lipinski definition) is 0. The number of hydrogen-bond acceptors (Lipinski definition) is 2. The fraction of sp³-hybridized carbons (Fsp3) is 0.500. The summed E-state index contributed by atoms with van der Waals surface area (Å²) in [6.45, 7) is 10.9. The number of amides is 1. The molecule has 4 heteroatoms. The summed E-state index contributed by atoms with van der Waals surface area (Å²) in [6.07, 6.45) is 3.48. The van der Waals surface area contributed by atoms with Crippen LogP contribution < -0.4 is 0 Å². The summed E-state index contributed by atoms with van der Waals surface area (Å²) in [4.78, 5) is 13.9. The van der Waals surface area contributed by atoms with Gasteiger partial charge < -0.3 is 4.90 Å². The van der Waals surface area contributed by atoms with Crippen molar-refractivity contribution in [2.24, 2.45) is 0 Å². The minimum atomic E-state index is -0.255. The smallest absolute Gasteiger partial charge is 0.247 e. The van der Waals surface area contributed by atoms with Crippen LogP contribution in [-0.4, -0.2) is 33.7 Å². The Labute approximate surface area is 96.6 Å². The van der Waals surface area contributed by atoms with Crippen LogP contribution in [-0.2, 0) is 4.79 Å². The van der Waals surface area contributed by atoms with E-state index >= 15 is 0 Å². The van der Waals surface area contributed by atoms with Crippen molar-refractivity contribution in [3.8, 4) is 0 Å². The molecule has 0 N–H and O–H groups in total. The molecule has 1 aromatic heterocycles. The molecule has 0 spiro atoms. The zero-order chi connectivity index (χ0) is 12.1. The van der Waals surface area contributed by atoms with Gasteiger partial charge in [-0.25, -0.2) is 0 Å². The first-order valence-corrected chi connectivity index (χ1v) is 5.48. The summed E-state index contributed by atoms with van der Waals surface area (Å²) in [5, 5.41) is 4.08. The van der Waals surface area contributed by atoms with Gasteiger partial charge in [0.1, 0.15) is 6.04 Å². The molecule has 0 saturated carbocycles. The average Bonchev–Trinajstić information content (AvgIpc) is 2.76. The van der Waals surface area contributed by atoms with E-state index in [1.54, 1.807) is 22.0 Å². The lowest BCUT2D eigenvalue weighted by Gasteiger charge is -2.24. The highest BCUT2D eigenvalue weighted by atomic mass is 16.2. The van der Waals surface area contributed by atoms with Gasteiger partial charge in [-0.05, 0) is 26.8 Å². The van der Waals surface area contributed by atoms with Crippen LogP contribution in [0.5, 0.6) is 0 Å². The van der Waals surface area contributed by atoms with E-state index in [1.165, 1.54) is 0 Å². The summed E-state index contributed by atoms with van der Waals surface area (Å²) in [5.74, 6) is 0.0780. The highest BCUT2D eigenvalue weighted by molar-refractivity contribution is 5.80. The monoisotopic (exact) mass is 221 g/mol. The molecule has 0 fully saturated rings. The molecule has 0 aliphatic heterocycles. The van der Waals surface area contributed by atoms with Crippen molar-refractivity contribution in [3.05, 3.63) is 30.6 Å². The topological polar surface area (TPSA) is 38.1 Å². The molecule has 1 amide bonds. The third kappa shape index (κ3) is 2.95. The van der Waals surface area contributed by atoms with Gasteiger partial charge in [-0.2, -0.15) is 5.10 Å². The second-order valence-corrected chi connectivity index (χ2v) is 3.97. The quantitative estimate of drug-likeness (QED) is 0.712. The van der Waals surface area contributed by atoms with Crippen molar-refractivity contribution >= 4 is 5.91 Å². The van der Waals surface area contributed by atoms with Gasteiger partial charge in [0.25, 0.3) is 0 Å². The van der Waals surface area contributed by atoms with Gasteiger partial charge in [0.15, 0.2) is 0 Å². The molecule has 0 aromatic carbocycles. The van der Waals surface area contributed by atoms with Crippen LogP contribution in [0.3, 0.4) is 0 Å². The lowest BCUT2D eigenvalue weighted by molar-refractivity contribution is -0.133. The van der Waals surface area contributed by atoms with Crippen LogP contribution in [0.2, 0.25) is 0 Å². The van der Waals surface area contributed by atoms with E-state index in [4.69, 9.17) is 0 Å². The van der Waals surface area contributed by atoms with Gasteiger partial charge >= 0.3 is 0 Å². The Morgan fingerprint density at radius 3 is 2.75 bits per heavy atom. The number of rotatable bonds is 5. The Balaban J connectivity index is 2.71. The number of carbonyl (C=O) groups is 1. The van der Waals surface area contributed by atoms with E-state index in [0.717, 1.165) is 5.57 Å². The zero-order valence-electron chi connectivity index (χ0n) is 10.2.